The Morgan fingerprint density at radius 2 is 1.72 bits per heavy atom. The normalized spacial score (nSPS) is 15.8. The number of nitrogens with one attached hydrogen (secondary N) is 1. The maximum absolute atomic E-state index is 12.3. The van der Waals surface area contributed by atoms with Crippen molar-refractivity contribution in [1.29, 1.82) is 5.26 Å². The molecular formula is C17H10Cl2N4O2. The molecule has 0 unspecified atom stereocenters. The predicted octanol–water partition coefficient (Wildman–Crippen LogP) is 3.20. The number of nitriles is 1. The zero-order valence-electron chi connectivity index (χ0n) is 12.9. The maximum Gasteiger partial charge on any atom is 0.328 e. The Labute approximate surface area is 153 Å². The molecule has 0 bridgehead atoms. The van der Waals surface area contributed by atoms with E-state index in [1.165, 1.54) is 11.9 Å². The number of nitrogens with zero attached hydrogens (tertiary/aromatic N) is 3. The van der Waals surface area contributed by atoms with E-state index in [0.717, 1.165) is 0 Å². The van der Waals surface area contributed by atoms with Crippen molar-refractivity contribution in [3.05, 3.63) is 69.1 Å². The molecule has 124 valence electrons. The molecule has 3 rings (SSSR count). The third-order valence-corrected chi connectivity index (χ3v) is 4.05. The lowest BCUT2D eigenvalue weighted by molar-refractivity contribution is -0.115. The van der Waals surface area contributed by atoms with Crippen molar-refractivity contribution in [2.24, 2.45) is 0 Å². The van der Waals surface area contributed by atoms with E-state index in [1.807, 2.05) is 6.07 Å². The quantitative estimate of drug-likeness (QED) is 0.498. The van der Waals surface area contributed by atoms with Crippen molar-refractivity contribution < 1.29 is 9.59 Å². The fourth-order valence-electron chi connectivity index (χ4n) is 2.54. The lowest BCUT2D eigenvalue weighted by atomic mass is 9.95. The van der Waals surface area contributed by atoms with Crippen molar-refractivity contribution in [3.8, 4) is 6.07 Å². The lowest BCUT2D eigenvalue weighted by Crippen LogP contribution is -2.24. The molecule has 1 aliphatic rings. The minimum absolute atomic E-state index is 0.154. The summed E-state index contributed by atoms with van der Waals surface area (Å²) in [7, 11) is 1.49. The predicted molar refractivity (Wildman–Crippen MR) is 92.7 cm³/mol. The summed E-state index contributed by atoms with van der Waals surface area (Å²) >= 11 is 12.0. The molecule has 1 N–H and O–H groups in total. The van der Waals surface area contributed by atoms with Gasteiger partial charge in [-0.3, -0.25) is 15.0 Å². The number of hydrogen-bond donors (Lipinski definition) is 1. The first-order valence-electron chi connectivity index (χ1n) is 7.08. The van der Waals surface area contributed by atoms with Gasteiger partial charge in [0, 0.05) is 12.6 Å². The van der Waals surface area contributed by atoms with Gasteiger partial charge in [0.05, 0.1) is 11.6 Å². The molecule has 2 aromatic rings. The number of carbonyl (C=O) groups is 2. The van der Waals surface area contributed by atoms with Crippen LogP contribution in [0, 0.1) is 11.3 Å². The van der Waals surface area contributed by atoms with E-state index in [2.05, 4.69) is 10.3 Å². The molecule has 0 saturated carbocycles. The molecular weight excluding hydrogens is 363 g/mol. The number of carbonyl (C=O) groups excluding carboxylic acids is 2. The number of amides is 3. The topological polar surface area (TPSA) is 86.1 Å². The summed E-state index contributed by atoms with van der Waals surface area (Å²) in [6.07, 6.45) is 0. The number of urea groups is 1. The van der Waals surface area contributed by atoms with Gasteiger partial charge in [0.15, 0.2) is 0 Å². The highest BCUT2D eigenvalue weighted by Gasteiger charge is 2.33. The molecule has 1 aromatic heterocycles. The van der Waals surface area contributed by atoms with Crippen LogP contribution in [0.2, 0.25) is 10.3 Å². The molecule has 2 heterocycles. The number of halogens is 2. The van der Waals surface area contributed by atoms with Crippen LogP contribution in [0.5, 0.6) is 0 Å². The van der Waals surface area contributed by atoms with E-state index in [4.69, 9.17) is 28.5 Å². The van der Waals surface area contributed by atoms with Gasteiger partial charge in [0.25, 0.3) is 5.91 Å². The Morgan fingerprint density at radius 1 is 1.12 bits per heavy atom. The van der Waals surface area contributed by atoms with Crippen molar-refractivity contribution in [1.82, 2.24) is 15.2 Å². The van der Waals surface area contributed by atoms with Gasteiger partial charge in [-0.25, -0.2) is 9.78 Å². The Bertz CT molecular complexity index is 941. The molecule has 8 heteroatoms. The van der Waals surface area contributed by atoms with Crippen molar-refractivity contribution in [2.75, 3.05) is 7.05 Å². The molecule has 1 aliphatic heterocycles. The summed E-state index contributed by atoms with van der Waals surface area (Å²) in [5.74, 6) is -0.532. The number of pyridine rings is 1. The van der Waals surface area contributed by atoms with Crippen molar-refractivity contribution in [2.45, 2.75) is 0 Å². The van der Waals surface area contributed by atoms with Crippen LogP contribution in [0.4, 0.5) is 4.79 Å². The van der Waals surface area contributed by atoms with Gasteiger partial charge in [-0.15, -0.1) is 0 Å². The summed E-state index contributed by atoms with van der Waals surface area (Å²) in [5, 5.41) is 11.5. The number of benzene rings is 1. The third kappa shape index (κ3) is 3.20. The van der Waals surface area contributed by atoms with Gasteiger partial charge in [-0.1, -0.05) is 35.3 Å². The molecule has 0 spiro atoms. The van der Waals surface area contributed by atoms with Gasteiger partial charge in [-0.05, 0) is 35.4 Å². The van der Waals surface area contributed by atoms with Crippen LogP contribution in [0.3, 0.4) is 0 Å². The van der Waals surface area contributed by atoms with Crippen LogP contribution >= 0.6 is 23.2 Å². The summed E-state index contributed by atoms with van der Waals surface area (Å²) in [6, 6.07) is 11.2. The van der Waals surface area contributed by atoms with Gasteiger partial charge in [0.1, 0.15) is 16.0 Å². The fraction of sp³-hybridized carbons (Fsp3) is 0.0588. The largest absolute Gasteiger partial charge is 0.328 e. The number of rotatable bonds is 2. The fourth-order valence-corrected chi connectivity index (χ4v) is 3.00. The summed E-state index contributed by atoms with van der Waals surface area (Å²) in [5.41, 5.74) is 2.25. The minimum atomic E-state index is -0.532. The highest BCUT2D eigenvalue weighted by Crippen LogP contribution is 2.32. The van der Waals surface area contributed by atoms with E-state index in [1.54, 1.807) is 36.4 Å². The molecule has 0 aliphatic carbocycles. The minimum Gasteiger partial charge on any atom is -0.292 e. The van der Waals surface area contributed by atoms with Crippen LogP contribution < -0.4 is 5.32 Å². The Morgan fingerprint density at radius 3 is 2.20 bits per heavy atom. The number of hydrogen-bond acceptors (Lipinski definition) is 4. The van der Waals surface area contributed by atoms with Crippen LogP contribution in [-0.2, 0) is 4.79 Å². The first-order chi connectivity index (χ1) is 11.9. The van der Waals surface area contributed by atoms with Crippen LogP contribution in [0.25, 0.3) is 5.57 Å². The number of aromatic nitrogens is 1. The summed E-state index contributed by atoms with van der Waals surface area (Å²) < 4.78 is 0. The monoisotopic (exact) mass is 372 g/mol. The lowest BCUT2D eigenvalue weighted by Gasteiger charge is -2.16. The van der Waals surface area contributed by atoms with Gasteiger partial charge >= 0.3 is 6.03 Å². The molecule has 6 nitrogen and oxygen atoms in total. The molecule has 3 amide bonds. The first-order valence-corrected chi connectivity index (χ1v) is 7.83. The Balaban J connectivity index is 2.30. The van der Waals surface area contributed by atoms with E-state index in [0.29, 0.717) is 22.3 Å². The summed E-state index contributed by atoms with van der Waals surface area (Å²) in [6.45, 7) is 0. The molecule has 1 fully saturated rings. The van der Waals surface area contributed by atoms with Crippen LogP contribution in [-0.4, -0.2) is 28.9 Å². The third-order valence-electron chi connectivity index (χ3n) is 3.67. The van der Waals surface area contributed by atoms with Gasteiger partial charge < -0.3 is 0 Å². The second-order valence-electron chi connectivity index (χ2n) is 5.23. The standard InChI is InChI=1S/C17H10Cl2N4O2/c1-23-15(16(24)22-17(23)25)14(10-4-2-9(8-20)3-5-10)11-6-12(18)21-13(19)7-11/h2-7H,1H3,(H,22,24,25). The second kappa shape index (κ2) is 6.55. The van der Waals surface area contributed by atoms with Crippen LogP contribution in [0.1, 0.15) is 16.7 Å². The van der Waals surface area contributed by atoms with Crippen molar-refractivity contribution >= 4 is 40.7 Å². The molecule has 0 radical (unpaired) electrons. The second-order valence-corrected chi connectivity index (χ2v) is 6.01. The van der Waals surface area contributed by atoms with E-state index < -0.39 is 11.9 Å². The van der Waals surface area contributed by atoms with Crippen molar-refractivity contribution in [3.63, 3.8) is 0 Å². The highest BCUT2D eigenvalue weighted by molar-refractivity contribution is 6.32. The average Bonchev–Trinajstić information content (AvgIpc) is 2.81. The zero-order valence-corrected chi connectivity index (χ0v) is 14.4. The smallest absolute Gasteiger partial charge is 0.292 e. The van der Waals surface area contributed by atoms with Crippen LogP contribution in [0.15, 0.2) is 42.1 Å². The maximum atomic E-state index is 12.3. The average molecular weight is 373 g/mol. The number of imide groups is 1. The highest BCUT2D eigenvalue weighted by atomic mass is 35.5. The number of likely N-dealkylation sites (N-methyl/N-ethyl adjacent to an activating group) is 1. The van der Waals surface area contributed by atoms with E-state index in [-0.39, 0.29) is 16.0 Å². The molecule has 1 aromatic carbocycles. The van der Waals surface area contributed by atoms with Gasteiger partial charge in [-0.2, -0.15) is 5.26 Å². The molecule has 25 heavy (non-hydrogen) atoms. The molecule has 0 atom stereocenters. The zero-order chi connectivity index (χ0) is 18.1. The summed E-state index contributed by atoms with van der Waals surface area (Å²) in [4.78, 5) is 29.3. The van der Waals surface area contributed by atoms with E-state index >= 15 is 0 Å². The SMILES string of the molecule is CN1C(=O)NC(=O)C1=C(c1ccc(C#N)cc1)c1cc(Cl)nc(Cl)c1. The van der Waals surface area contributed by atoms with Gasteiger partial charge in [0.2, 0.25) is 0 Å². The Kier molecular flexibility index (Phi) is 4.45. The molecule has 1 saturated heterocycles. The Hall–Kier alpha value is -2.88. The van der Waals surface area contributed by atoms with E-state index in [9.17, 15) is 9.59 Å². The first kappa shape index (κ1) is 17.0.